The molecular formula is C15H19N3O2. The van der Waals surface area contributed by atoms with Crippen LogP contribution in [-0.2, 0) is 11.2 Å². The van der Waals surface area contributed by atoms with Crippen LogP contribution in [0.3, 0.4) is 0 Å². The van der Waals surface area contributed by atoms with Gasteiger partial charge < -0.3 is 15.0 Å². The monoisotopic (exact) mass is 273 g/mol. The van der Waals surface area contributed by atoms with Crippen LogP contribution in [0.5, 0.6) is 0 Å². The Bertz CT molecular complexity index is 600. The molecule has 2 N–H and O–H groups in total. The summed E-state index contributed by atoms with van der Waals surface area (Å²) in [5, 5.41) is 8.70. The Morgan fingerprint density at radius 2 is 1.95 bits per heavy atom. The number of carbonyl (C=O) groups is 1. The van der Waals surface area contributed by atoms with Gasteiger partial charge in [0.1, 0.15) is 5.82 Å². The summed E-state index contributed by atoms with van der Waals surface area (Å²) in [6, 6.07) is 8.14. The maximum Gasteiger partial charge on any atom is 0.303 e. The van der Waals surface area contributed by atoms with Crippen LogP contribution in [-0.4, -0.2) is 35.1 Å². The third-order valence-electron chi connectivity index (χ3n) is 3.17. The smallest absolute Gasteiger partial charge is 0.303 e. The van der Waals surface area contributed by atoms with E-state index in [0.717, 1.165) is 28.5 Å². The van der Waals surface area contributed by atoms with Crippen LogP contribution in [0.1, 0.15) is 17.9 Å². The number of H-pyrrole nitrogens is 1. The topological polar surface area (TPSA) is 69.2 Å². The number of carboxylic acid groups (broad SMARTS) is 1. The number of nitrogens with one attached hydrogen (secondary N) is 1. The maximum absolute atomic E-state index is 10.6. The summed E-state index contributed by atoms with van der Waals surface area (Å²) < 4.78 is 0. The molecule has 2 rings (SSSR count). The van der Waals surface area contributed by atoms with Crippen molar-refractivity contribution in [1.29, 1.82) is 0 Å². The predicted molar refractivity (Wildman–Crippen MR) is 79.0 cm³/mol. The van der Waals surface area contributed by atoms with Gasteiger partial charge in [0, 0.05) is 37.5 Å². The Balaban J connectivity index is 2.21. The normalized spacial score (nSPS) is 10.6. The zero-order chi connectivity index (χ0) is 14.7. The van der Waals surface area contributed by atoms with Gasteiger partial charge in [0.05, 0.1) is 12.1 Å². The van der Waals surface area contributed by atoms with E-state index in [9.17, 15) is 4.79 Å². The minimum Gasteiger partial charge on any atom is -0.481 e. The van der Waals surface area contributed by atoms with Gasteiger partial charge in [-0.1, -0.05) is 12.1 Å². The molecule has 0 unspecified atom stereocenters. The summed E-state index contributed by atoms with van der Waals surface area (Å²) in [7, 11) is 4.00. The molecule has 1 heterocycles. The Morgan fingerprint density at radius 1 is 1.30 bits per heavy atom. The number of hydrogen-bond donors (Lipinski definition) is 2. The molecule has 0 atom stereocenters. The molecule has 0 fully saturated rings. The maximum atomic E-state index is 10.6. The lowest BCUT2D eigenvalue weighted by Gasteiger charge is -2.12. The van der Waals surface area contributed by atoms with E-state index in [1.807, 2.05) is 50.2 Å². The molecule has 0 bridgehead atoms. The average molecular weight is 273 g/mol. The van der Waals surface area contributed by atoms with Crippen molar-refractivity contribution in [2.24, 2.45) is 0 Å². The lowest BCUT2D eigenvalue weighted by atomic mass is 10.1. The lowest BCUT2D eigenvalue weighted by molar-refractivity contribution is -0.137. The molecule has 5 nitrogen and oxygen atoms in total. The van der Waals surface area contributed by atoms with E-state index in [0.29, 0.717) is 6.42 Å². The third kappa shape index (κ3) is 3.17. The van der Waals surface area contributed by atoms with Gasteiger partial charge in [-0.2, -0.15) is 0 Å². The number of anilines is 1. The van der Waals surface area contributed by atoms with Crippen molar-refractivity contribution in [3.05, 3.63) is 35.8 Å². The number of rotatable bonds is 5. The van der Waals surface area contributed by atoms with Crippen LogP contribution < -0.4 is 4.90 Å². The Labute approximate surface area is 118 Å². The Hall–Kier alpha value is -2.30. The number of aryl methyl sites for hydroxylation is 2. The van der Waals surface area contributed by atoms with E-state index in [1.165, 1.54) is 0 Å². The van der Waals surface area contributed by atoms with Crippen molar-refractivity contribution in [3.8, 4) is 11.3 Å². The first-order valence-corrected chi connectivity index (χ1v) is 6.52. The average Bonchev–Trinajstić information content (AvgIpc) is 2.78. The van der Waals surface area contributed by atoms with Crippen molar-refractivity contribution in [2.75, 3.05) is 19.0 Å². The molecule has 20 heavy (non-hydrogen) atoms. The predicted octanol–water partition coefficient (Wildman–Crippen LogP) is 2.47. The van der Waals surface area contributed by atoms with Gasteiger partial charge >= 0.3 is 5.97 Å². The first kappa shape index (κ1) is 14.1. The second kappa shape index (κ2) is 5.77. The number of imidazole rings is 1. The molecule has 0 aliphatic heterocycles. The fraction of sp³-hybridized carbons (Fsp3) is 0.333. The van der Waals surface area contributed by atoms with E-state index < -0.39 is 5.97 Å². The second-order valence-electron chi connectivity index (χ2n) is 4.99. The summed E-state index contributed by atoms with van der Waals surface area (Å²) in [4.78, 5) is 20.3. The molecule has 0 amide bonds. The van der Waals surface area contributed by atoms with Crippen LogP contribution in [0, 0.1) is 6.92 Å². The van der Waals surface area contributed by atoms with Crippen molar-refractivity contribution < 1.29 is 9.90 Å². The molecule has 0 spiro atoms. The highest BCUT2D eigenvalue weighted by Gasteiger charge is 2.10. The van der Waals surface area contributed by atoms with E-state index in [2.05, 4.69) is 9.97 Å². The van der Waals surface area contributed by atoms with Gasteiger partial charge in [-0.3, -0.25) is 4.79 Å². The Kier molecular flexibility index (Phi) is 4.08. The minimum absolute atomic E-state index is 0.0892. The van der Waals surface area contributed by atoms with Crippen LogP contribution in [0.25, 0.3) is 11.3 Å². The Morgan fingerprint density at radius 3 is 2.50 bits per heavy atom. The highest BCUT2D eigenvalue weighted by molar-refractivity contribution is 5.67. The molecule has 0 saturated carbocycles. The van der Waals surface area contributed by atoms with Crippen LogP contribution in [0.15, 0.2) is 24.3 Å². The highest BCUT2D eigenvalue weighted by Crippen LogP contribution is 2.24. The van der Waals surface area contributed by atoms with Crippen LogP contribution in [0.2, 0.25) is 0 Å². The molecule has 1 aromatic carbocycles. The molecule has 106 valence electrons. The molecule has 0 radical (unpaired) electrons. The number of aromatic nitrogens is 2. The standard InChI is InChI=1S/C15H19N3O2/c1-10-15(17-13(16-10)8-9-14(19)20)11-4-6-12(7-5-11)18(2)3/h4-7H,8-9H2,1-3H3,(H,16,17)(H,19,20). The highest BCUT2D eigenvalue weighted by atomic mass is 16.4. The van der Waals surface area contributed by atoms with Crippen LogP contribution in [0.4, 0.5) is 5.69 Å². The zero-order valence-electron chi connectivity index (χ0n) is 12.0. The number of nitrogens with zero attached hydrogens (tertiary/aromatic N) is 2. The van der Waals surface area contributed by atoms with E-state index in [-0.39, 0.29) is 6.42 Å². The number of carboxylic acids is 1. The molecule has 0 aliphatic rings. The van der Waals surface area contributed by atoms with Gasteiger partial charge in [0.2, 0.25) is 0 Å². The van der Waals surface area contributed by atoms with E-state index >= 15 is 0 Å². The SMILES string of the molecule is Cc1[nH]c(CCC(=O)O)nc1-c1ccc(N(C)C)cc1. The third-order valence-corrected chi connectivity index (χ3v) is 3.17. The summed E-state index contributed by atoms with van der Waals surface area (Å²) in [6.07, 6.45) is 0.512. The van der Waals surface area contributed by atoms with Gasteiger partial charge in [-0.05, 0) is 19.1 Å². The first-order valence-electron chi connectivity index (χ1n) is 6.52. The number of hydrogen-bond acceptors (Lipinski definition) is 3. The first-order chi connectivity index (χ1) is 9.47. The molecule has 0 aliphatic carbocycles. The van der Waals surface area contributed by atoms with E-state index in [1.54, 1.807) is 0 Å². The fourth-order valence-corrected chi connectivity index (χ4v) is 2.06. The van der Waals surface area contributed by atoms with Crippen molar-refractivity contribution >= 4 is 11.7 Å². The van der Waals surface area contributed by atoms with Crippen molar-refractivity contribution in [1.82, 2.24) is 9.97 Å². The summed E-state index contributed by atoms with van der Waals surface area (Å²) in [6.45, 7) is 1.95. The second-order valence-corrected chi connectivity index (χ2v) is 4.99. The van der Waals surface area contributed by atoms with Gasteiger partial charge in [-0.25, -0.2) is 4.98 Å². The molecule has 0 saturated heterocycles. The van der Waals surface area contributed by atoms with Crippen molar-refractivity contribution in [3.63, 3.8) is 0 Å². The lowest BCUT2D eigenvalue weighted by Crippen LogP contribution is -2.07. The largest absolute Gasteiger partial charge is 0.481 e. The molecule has 1 aromatic heterocycles. The molecular weight excluding hydrogens is 254 g/mol. The quantitative estimate of drug-likeness (QED) is 0.878. The van der Waals surface area contributed by atoms with E-state index in [4.69, 9.17) is 5.11 Å². The molecule has 2 aromatic rings. The number of aliphatic carboxylic acids is 1. The van der Waals surface area contributed by atoms with Gasteiger partial charge in [0.15, 0.2) is 0 Å². The summed E-state index contributed by atoms with van der Waals surface area (Å²) in [5.41, 5.74) is 4.01. The number of benzene rings is 1. The minimum atomic E-state index is -0.809. The zero-order valence-corrected chi connectivity index (χ0v) is 12.0. The molecule has 5 heteroatoms. The summed E-state index contributed by atoms with van der Waals surface area (Å²) in [5.74, 6) is -0.0903. The van der Waals surface area contributed by atoms with Gasteiger partial charge in [-0.15, -0.1) is 0 Å². The van der Waals surface area contributed by atoms with Gasteiger partial charge in [0.25, 0.3) is 0 Å². The number of aromatic amines is 1. The summed E-state index contributed by atoms with van der Waals surface area (Å²) >= 11 is 0. The van der Waals surface area contributed by atoms with Crippen LogP contribution >= 0.6 is 0 Å². The fourth-order valence-electron chi connectivity index (χ4n) is 2.06. The van der Waals surface area contributed by atoms with Crippen molar-refractivity contribution in [2.45, 2.75) is 19.8 Å².